The van der Waals surface area contributed by atoms with Crippen molar-refractivity contribution in [3.8, 4) is 11.5 Å². The van der Waals surface area contributed by atoms with Crippen LogP contribution in [0.25, 0.3) is 0 Å². The molecule has 0 radical (unpaired) electrons. The van der Waals surface area contributed by atoms with Crippen LogP contribution in [0.15, 0.2) is 18.2 Å². The fourth-order valence-electron chi connectivity index (χ4n) is 3.58. The van der Waals surface area contributed by atoms with Gasteiger partial charge in [-0.25, -0.2) is 4.79 Å². The Kier molecular flexibility index (Phi) is 4.94. The van der Waals surface area contributed by atoms with E-state index in [9.17, 15) is 4.79 Å². The summed E-state index contributed by atoms with van der Waals surface area (Å²) in [6, 6.07) is 5.48. The van der Waals surface area contributed by atoms with E-state index in [1.165, 1.54) is 6.42 Å². The highest BCUT2D eigenvalue weighted by atomic mass is 16.6. The molecule has 7 nitrogen and oxygen atoms in total. The molecule has 1 aromatic carbocycles. The number of carbonyl (C=O) groups excluding carboxylic acids is 1. The van der Waals surface area contributed by atoms with Crippen molar-refractivity contribution in [1.29, 1.82) is 0 Å². The predicted octanol–water partition coefficient (Wildman–Crippen LogP) is 1.79. The third kappa shape index (κ3) is 3.82. The van der Waals surface area contributed by atoms with E-state index in [1.807, 2.05) is 23.1 Å². The van der Waals surface area contributed by atoms with Gasteiger partial charge >= 0.3 is 6.03 Å². The number of rotatable bonds is 3. The molecular formula is C18H25N3O4. The van der Waals surface area contributed by atoms with E-state index in [1.54, 1.807) is 0 Å². The highest BCUT2D eigenvalue weighted by Gasteiger charge is 2.26. The number of hydrogen-bond acceptors (Lipinski definition) is 5. The van der Waals surface area contributed by atoms with Crippen molar-refractivity contribution in [2.24, 2.45) is 0 Å². The van der Waals surface area contributed by atoms with E-state index < -0.39 is 0 Å². The zero-order chi connectivity index (χ0) is 17.1. The summed E-state index contributed by atoms with van der Waals surface area (Å²) >= 11 is 0. The lowest BCUT2D eigenvalue weighted by Crippen LogP contribution is -2.51. The number of amides is 2. The number of ether oxygens (including phenoxy) is 3. The monoisotopic (exact) mass is 347 g/mol. The van der Waals surface area contributed by atoms with E-state index in [4.69, 9.17) is 14.2 Å². The Hall–Kier alpha value is -1.99. The molecule has 1 aromatic rings. The third-order valence-electron chi connectivity index (χ3n) is 4.95. The lowest BCUT2D eigenvalue weighted by Gasteiger charge is -2.35. The van der Waals surface area contributed by atoms with Gasteiger partial charge in [-0.1, -0.05) is 6.07 Å². The standard InChI is InChI=1S/C18H25N3O4/c22-18(19-15-4-1-5-16-17(15)25-12-11-24-16)21-8-6-20(7-9-21)13-14-3-2-10-23-14/h1,4-5,14H,2-3,6-13H2,(H,19,22)/t14-/m1/s1. The average molecular weight is 347 g/mol. The summed E-state index contributed by atoms with van der Waals surface area (Å²) in [5.41, 5.74) is 0.670. The average Bonchev–Trinajstić information content (AvgIpc) is 3.16. The topological polar surface area (TPSA) is 63.3 Å². The minimum Gasteiger partial charge on any atom is -0.486 e. The summed E-state index contributed by atoms with van der Waals surface area (Å²) in [5, 5.41) is 2.97. The Morgan fingerprint density at radius 3 is 2.76 bits per heavy atom. The van der Waals surface area contributed by atoms with Crippen LogP contribution < -0.4 is 14.8 Å². The first-order valence-electron chi connectivity index (χ1n) is 9.08. The van der Waals surface area contributed by atoms with Gasteiger partial charge in [0.25, 0.3) is 0 Å². The molecule has 7 heteroatoms. The van der Waals surface area contributed by atoms with Crippen LogP contribution in [0.4, 0.5) is 10.5 Å². The molecule has 2 saturated heterocycles. The number of para-hydroxylation sites is 1. The summed E-state index contributed by atoms with van der Waals surface area (Å²) in [5.74, 6) is 1.31. The molecule has 2 fully saturated rings. The van der Waals surface area contributed by atoms with E-state index in [0.717, 1.165) is 45.8 Å². The molecular weight excluding hydrogens is 322 g/mol. The predicted molar refractivity (Wildman–Crippen MR) is 93.4 cm³/mol. The highest BCUT2D eigenvalue weighted by Crippen LogP contribution is 2.37. The van der Waals surface area contributed by atoms with Crippen LogP contribution in [0.3, 0.4) is 0 Å². The van der Waals surface area contributed by atoms with Crippen LogP contribution >= 0.6 is 0 Å². The van der Waals surface area contributed by atoms with Crippen LogP contribution in [-0.4, -0.2) is 74.5 Å². The number of hydrogen-bond donors (Lipinski definition) is 1. The fourth-order valence-corrected chi connectivity index (χ4v) is 3.58. The molecule has 0 bridgehead atoms. The third-order valence-corrected chi connectivity index (χ3v) is 4.95. The molecule has 0 saturated carbocycles. The smallest absolute Gasteiger partial charge is 0.322 e. The summed E-state index contributed by atoms with van der Waals surface area (Å²) in [6.45, 7) is 6.14. The lowest BCUT2D eigenvalue weighted by atomic mass is 10.2. The van der Waals surface area contributed by atoms with Gasteiger partial charge in [0.05, 0.1) is 11.8 Å². The zero-order valence-corrected chi connectivity index (χ0v) is 14.4. The van der Waals surface area contributed by atoms with Crippen LogP contribution in [0.1, 0.15) is 12.8 Å². The molecule has 25 heavy (non-hydrogen) atoms. The van der Waals surface area contributed by atoms with E-state index in [-0.39, 0.29) is 6.03 Å². The summed E-state index contributed by atoms with van der Waals surface area (Å²) in [6.07, 6.45) is 2.69. The SMILES string of the molecule is O=C(Nc1cccc2c1OCCO2)N1CCN(C[C@H]2CCCO2)CC1. The second-order valence-electron chi connectivity index (χ2n) is 6.68. The molecule has 0 aromatic heterocycles. The van der Waals surface area contributed by atoms with Crippen molar-refractivity contribution in [2.75, 3.05) is 57.9 Å². The molecule has 1 atom stereocenters. The molecule has 0 spiro atoms. The van der Waals surface area contributed by atoms with Gasteiger partial charge < -0.3 is 24.4 Å². The van der Waals surface area contributed by atoms with Crippen LogP contribution in [0.5, 0.6) is 11.5 Å². The van der Waals surface area contributed by atoms with Crippen molar-refractivity contribution in [3.05, 3.63) is 18.2 Å². The normalized spacial score (nSPS) is 23.5. The maximum absolute atomic E-state index is 12.6. The maximum atomic E-state index is 12.6. The minimum absolute atomic E-state index is 0.0839. The first-order chi connectivity index (χ1) is 12.3. The summed E-state index contributed by atoms with van der Waals surface area (Å²) in [7, 11) is 0. The van der Waals surface area contributed by atoms with Gasteiger partial charge in [-0.15, -0.1) is 0 Å². The fraction of sp³-hybridized carbons (Fsp3) is 0.611. The van der Waals surface area contributed by atoms with Crippen LogP contribution in [0.2, 0.25) is 0 Å². The molecule has 3 aliphatic rings. The van der Waals surface area contributed by atoms with E-state index in [2.05, 4.69) is 10.2 Å². The van der Waals surface area contributed by atoms with Gasteiger partial charge in [0, 0.05) is 39.3 Å². The number of nitrogens with one attached hydrogen (secondary N) is 1. The van der Waals surface area contributed by atoms with Gasteiger partial charge in [0.1, 0.15) is 13.2 Å². The van der Waals surface area contributed by atoms with Gasteiger partial charge in [0.2, 0.25) is 0 Å². The second-order valence-corrected chi connectivity index (χ2v) is 6.68. The number of anilines is 1. The molecule has 0 unspecified atom stereocenters. The molecule has 3 aliphatic heterocycles. The molecule has 136 valence electrons. The quantitative estimate of drug-likeness (QED) is 0.903. The number of fused-ring (bicyclic) bond motifs is 1. The molecule has 3 heterocycles. The first-order valence-corrected chi connectivity index (χ1v) is 9.08. The van der Waals surface area contributed by atoms with Crippen molar-refractivity contribution < 1.29 is 19.0 Å². The molecule has 2 amide bonds. The molecule has 1 N–H and O–H groups in total. The Morgan fingerprint density at radius 2 is 1.96 bits per heavy atom. The van der Waals surface area contributed by atoms with Gasteiger partial charge in [-0.3, -0.25) is 4.90 Å². The first kappa shape index (κ1) is 16.5. The van der Waals surface area contributed by atoms with Crippen molar-refractivity contribution in [1.82, 2.24) is 9.80 Å². The van der Waals surface area contributed by atoms with Crippen molar-refractivity contribution in [3.63, 3.8) is 0 Å². The van der Waals surface area contributed by atoms with Crippen molar-refractivity contribution >= 4 is 11.7 Å². The zero-order valence-electron chi connectivity index (χ0n) is 14.4. The van der Waals surface area contributed by atoms with Crippen molar-refractivity contribution in [2.45, 2.75) is 18.9 Å². The molecule has 4 rings (SSSR count). The van der Waals surface area contributed by atoms with Crippen LogP contribution in [-0.2, 0) is 4.74 Å². The highest BCUT2D eigenvalue weighted by molar-refractivity contribution is 5.91. The number of benzene rings is 1. The van der Waals surface area contributed by atoms with E-state index in [0.29, 0.717) is 36.5 Å². The summed E-state index contributed by atoms with van der Waals surface area (Å²) in [4.78, 5) is 16.8. The Bertz CT molecular complexity index is 610. The van der Waals surface area contributed by atoms with Gasteiger partial charge in [-0.2, -0.15) is 0 Å². The number of piperazine rings is 1. The Labute approximate surface area is 147 Å². The Balaban J connectivity index is 1.31. The maximum Gasteiger partial charge on any atom is 0.322 e. The lowest BCUT2D eigenvalue weighted by molar-refractivity contribution is 0.0571. The minimum atomic E-state index is -0.0839. The van der Waals surface area contributed by atoms with Gasteiger partial charge in [0.15, 0.2) is 11.5 Å². The number of nitrogens with zero attached hydrogens (tertiary/aromatic N) is 2. The number of urea groups is 1. The van der Waals surface area contributed by atoms with E-state index >= 15 is 0 Å². The summed E-state index contributed by atoms with van der Waals surface area (Å²) < 4.78 is 16.9. The largest absolute Gasteiger partial charge is 0.486 e. The van der Waals surface area contributed by atoms with Crippen LogP contribution in [0, 0.1) is 0 Å². The number of carbonyl (C=O) groups is 1. The van der Waals surface area contributed by atoms with Gasteiger partial charge in [-0.05, 0) is 25.0 Å². The molecule has 0 aliphatic carbocycles. The Morgan fingerprint density at radius 1 is 1.12 bits per heavy atom. The second kappa shape index (κ2) is 7.49.